The molecule has 2 rings (SSSR count). The Hall–Kier alpha value is -0.600. The van der Waals surface area contributed by atoms with Crippen molar-refractivity contribution in [1.29, 1.82) is 0 Å². The van der Waals surface area contributed by atoms with E-state index in [9.17, 15) is 4.39 Å². The Labute approximate surface area is 114 Å². The quantitative estimate of drug-likeness (QED) is 0.862. The Morgan fingerprint density at radius 1 is 1.22 bits per heavy atom. The van der Waals surface area contributed by atoms with Crippen molar-refractivity contribution in [1.82, 2.24) is 5.32 Å². The Morgan fingerprint density at radius 3 is 2.33 bits per heavy atom. The number of hydrogen-bond donors (Lipinski definition) is 1. The van der Waals surface area contributed by atoms with Crippen LogP contribution in [0.4, 0.5) is 4.39 Å². The van der Waals surface area contributed by atoms with Gasteiger partial charge in [-0.15, -0.1) is 0 Å². The zero-order valence-corrected chi connectivity index (χ0v) is 12.2. The minimum absolute atomic E-state index is 0.196. The molecule has 1 aliphatic carbocycles. The van der Waals surface area contributed by atoms with Gasteiger partial charge in [0.1, 0.15) is 5.82 Å². The zero-order chi connectivity index (χ0) is 13.6. The van der Waals surface area contributed by atoms with Crippen LogP contribution in [-0.4, -0.2) is 6.54 Å². The second kappa shape index (κ2) is 4.50. The maximum atomic E-state index is 13.0. The monoisotopic (exact) mass is 269 g/mol. The molecule has 1 aromatic carbocycles. The Kier molecular flexibility index (Phi) is 3.46. The molecule has 0 aromatic heterocycles. The van der Waals surface area contributed by atoms with E-state index < -0.39 is 0 Å². The van der Waals surface area contributed by atoms with E-state index in [1.807, 2.05) is 0 Å². The second-order valence-electron chi connectivity index (χ2n) is 6.38. The third kappa shape index (κ3) is 2.28. The van der Waals surface area contributed by atoms with Gasteiger partial charge in [0.25, 0.3) is 0 Å². The van der Waals surface area contributed by atoms with E-state index in [1.165, 1.54) is 6.07 Å². The largest absolute Gasteiger partial charge is 0.312 e. The lowest BCUT2D eigenvalue weighted by atomic mass is 10.0. The molecule has 0 aliphatic heterocycles. The summed E-state index contributed by atoms with van der Waals surface area (Å²) in [6.07, 6.45) is 0. The summed E-state index contributed by atoms with van der Waals surface area (Å²) in [6.45, 7) is 11.0. The van der Waals surface area contributed by atoms with E-state index in [2.05, 4.69) is 33.0 Å². The lowest BCUT2D eigenvalue weighted by Crippen LogP contribution is -2.18. The third-order valence-corrected chi connectivity index (χ3v) is 5.27. The number of hydrogen-bond acceptors (Lipinski definition) is 1. The van der Waals surface area contributed by atoms with Gasteiger partial charge in [-0.1, -0.05) is 45.4 Å². The first kappa shape index (κ1) is 13.8. The van der Waals surface area contributed by atoms with Crippen molar-refractivity contribution in [2.75, 3.05) is 6.54 Å². The highest BCUT2D eigenvalue weighted by atomic mass is 35.5. The molecule has 0 radical (unpaired) electrons. The molecular formula is C15H21ClFN. The summed E-state index contributed by atoms with van der Waals surface area (Å²) in [4.78, 5) is 0. The van der Waals surface area contributed by atoms with Gasteiger partial charge in [0, 0.05) is 6.54 Å². The van der Waals surface area contributed by atoms with E-state index in [4.69, 9.17) is 11.6 Å². The van der Waals surface area contributed by atoms with E-state index >= 15 is 0 Å². The fraction of sp³-hybridized carbons (Fsp3) is 0.600. The van der Waals surface area contributed by atoms with Crippen LogP contribution in [0, 0.1) is 22.6 Å². The predicted molar refractivity (Wildman–Crippen MR) is 74.2 cm³/mol. The maximum absolute atomic E-state index is 13.0. The zero-order valence-electron chi connectivity index (χ0n) is 11.5. The minimum Gasteiger partial charge on any atom is -0.312 e. The highest BCUT2D eigenvalue weighted by Gasteiger charge is 2.63. The molecule has 0 atom stereocenters. The number of nitrogens with one attached hydrogen (secondary N) is 1. The number of rotatable bonds is 4. The van der Waals surface area contributed by atoms with Gasteiger partial charge < -0.3 is 5.32 Å². The molecule has 0 unspecified atom stereocenters. The van der Waals surface area contributed by atoms with Crippen molar-refractivity contribution >= 4 is 11.6 Å². The van der Waals surface area contributed by atoms with Crippen molar-refractivity contribution in [3.8, 4) is 0 Å². The van der Waals surface area contributed by atoms with Crippen molar-refractivity contribution in [2.45, 2.75) is 34.2 Å². The van der Waals surface area contributed by atoms with Gasteiger partial charge in [-0.05, 0) is 41.0 Å². The van der Waals surface area contributed by atoms with Crippen LogP contribution in [0.25, 0.3) is 0 Å². The molecule has 1 aliphatic rings. The molecule has 1 nitrogen and oxygen atoms in total. The summed E-state index contributed by atoms with van der Waals surface area (Å²) < 4.78 is 13.0. The van der Waals surface area contributed by atoms with Crippen LogP contribution in [-0.2, 0) is 6.54 Å². The molecule has 0 heterocycles. The van der Waals surface area contributed by atoms with E-state index in [-0.39, 0.29) is 10.8 Å². The van der Waals surface area contributed by atoms with Crippen LogP contribution in [0.2, 0.25) is 5.02 Å². The first-order valence-corrected chi connectivity index (χ1v) is 6.79. The number of benzene rings is 1. The van der Waals surface area contributed by atoms with Gasteiger partial charge in [0.15, 0.2) is 0 Å². The second-order valence-corrected chi connectivity index (χ2v) is 6.78. The van der Waals surface area contributed by atoms with Crippen LogP contribution in [0.3, 0.4) is 0 Å². The highest BCUT2D eigenvalue weighted by molar-refractivity contribution is 6.30. The Morgan fingerprint density at radius 2 is 1.83 bits per heavy atom. The first-order chi connectivity index (χ1) is 8.26. The van der Waals surface area contributed by atoms with Crippen molar-refractivity contribution in [3.63, 3.8) is 0 Å². The smallest absolute Gasteiger partial charge is 0.141 e. The highest BCUT2D eigenvalue weighted by Crippen LogP contribution is 2.67. The topological polar surface area (TPSA) is 12.0 Å². The Balaban J connectivity index is 1.85. The average molecular weight is 270 g/mol. The number of halogens is 2. The van der Waals surface area contributed by atoms with Gasteiger partial charge in [0.2, 0.25) is 0 Å². The molecule has 3 heteroatoms. The van der Waals surface area contributed by atoms with Crippen LogP contribution >= 0.6 is 11.6 Å². The fourth-order valence-corrected chi connectivity index (χ4v) is 3.06. The van der Waals surface area contributed by atoms with E-state index in [1.54, 1.807) is 12.1 Å². The van der Waals surface area contributed by atoms with E-state index in [0.29, 0.717) is 16.7 Å². The van der Waals surface area contributed by atoms with Crippen LogP contribution < -0.4 is 5.32 Å². The summed E-state index contributed by atoms with van der Waals surface area (Å²) >= 11 is 5.76. The van der Waals surface area contributed by atoms with Crippen LogP contribution in [0.15, 0.2) is 18.2 Å². The summed E-state index contributed by atoms with van der Waals surface area (Å²) in [5, 5.41) is 3.64. The average Bonchev–Trinajstić information content (AvgIpc) is 2.65. The van der Waals surface area contributed by atoms with Gasteiger partial charge in [-0.2, -0.15) is 0 Å². The van der Waals surface area contributed by atoms with Crippen molar-refractivity contribution in [3.05, 3.63) is 34.6 Å². The molecule has 100 valence electrons. The molecule has 0 spiro atoms. The predicted octanol–water partition coefficient (Wildman–Crippen LogP) is 4.25. The summed E-state index contributed by atoms with van der Waals surface area (Å²) in [7, 11) is 0. The normalized spacial score (nSPS) is 21.0. The first-order valence-electron chi connectivity index (χ1n) is 6.41. The lowest BCUT2D eigenvalue weighted by Gasteiger charge is -2.07. The molecule has 18 heavy (non-hydrogen) atoms. The molecule has 1 fully saturated rings. The maximum Gasteiger partial charge on any atom is 0.141 e. The molecule has 1 saturated carbocycles. The third-order valence-electron chi connectivity index (χ3n) is 4.98. The molecule has 1 aromatic rings. The molecule has 0 amide bonds. The van der Waals surface area contributed by atoms with Gasteiger partial charge in [0.05, 0.1) is 5.02 Å². The lowest BCUT2D eigenvalue weighted by molar-refractivity contribution is 0.457. The minimum atomic E-state index is -0.357. The molecular weight excluding hydrogens is 249 g/mol. The summed E-state index contributed by atoms with van der Waals surface area (Å²) in [5.41, 5.74) is 1.83. The standard InChI is InChI=1S/C15H21ClFN/c1-14(2)13(15(14,3)4)9-18-8-10-5-6-12(17)11(16)7-10/h5-7,13,18H,8-9H2,1-4H3. The molecule has 0 bridgehead atoms. The van der Waals surface area contributed by atoms with Gasteiger partial charge >= 0.3 is 0 Å². The van der Waals surface area contributed by atoms with Crippen LogP contribution in [0.1, 0.15) is 33.3 Å². The summed E-state index contributed by atoms with van der Waals surface area (Å²) in [5.74, 6) is 0.339. The SMILES string of the molecule is CC1(C)C(CNCc2ccc(F)c(Cl)c2)C1(C)C. The molecule has 0 saturated heterocycles. The van der Waals surface area contributed by atoms with Crippen molar-refractivity contribution in [2.24, 2.45) is 16.7 Å². The van der Waals surface area contributed by atoms with Crippen molar-refractivity contribution < 1.29 is 4.39 Å². The van der Waals surface area contributed by atoms with E-state index in [0.717, 1.165) is 18.7 Å². The Bertz CT molecular complexity index is 440. The summed E-state index contributed by atoms with van der Waals surface area (Å²) in [6, 6.07) is 4.88. The fourth-order valence-electron chi connectivity index (χ4n) is 2.85. The van der Waals surface area contributed by atoms with Crippen LogP contribution in [0.5, 0.6) is 0 Å². The van der Waals surface area contributed by atoms with Gasteiger partial charge in [-0.3, -0.25) is 0 Å². The van der Waals surface area contributed by atoms with Gasteiger partial charge in [-0.25, -0.2) is 4.39 Å². The molecule has 1 N–H and O–H groups in total.